The van der Waals surface area contributed by atoms with Crippen LogP contribution in [0.15, 0.2) is 88.4 Å². The van der Waals surface area contributed by atoms with E-state index in [1.54, 1.807) is 24.5 Å². The van der Waals surface area contributed by atoms with E-state index >= 15 is 0 Å². The number of fused-ring (bicyclic) bond motifs is 2. The Kier molecular flexibility index (Phi) is 6.43. The summed E-state index contributed by atoms with van der Waals surface area (Å²) in [6.45, 7) is 7.81. The van der Waals surface area contributed by atoms with Crippen LogP contribution in [0.4, 0.5) is 0 Å². The summed E-state index contributed by atoms with van der Waals surface area (Å²) in [5.41, 5.74) is 3.34. The number of allylic oxidation sites excluding steroid dienone is 1. The second kappa shape index (κ2) is 9.83. The van der Waals surface area contributed by atoms with Gasteiger partial charge in [0.05, 0.1) is 28.5 Å². The predicted octanol–water partition coefficient (Wildman–Crippen LogP) is 3.84. The van der Waals surface area contributed by atoms with Crippen LogP contribution in [-0.2, 0) is 9.53 Å². The third-order valence-corrected chi connectivity index (χ3v) is 6.97. The number of para-hydroxylation sites is 1. The van der Waals surface area contributed by atoms with Crippen molar-refractivity contribution in [2.75, 3.05) is 13.2 Å². The van der Waals surface area contributed by atoms with Gasteiger partial charge in [0.2, 0.25) is 0 Å². The van der Waals surface area contributed by atoms with Gasteiger partial charge in [-0.1, -0.05) is 54.3 Å². The number of hydrogen-bond donors (Lipinski definition) is 1. The average Bonchev–Trinajstić information content (AvgIpc) is 3.43. The summed E-state index contributed by atoms with van der Waals surface area (Å²) in [4.78, 5) is 35.2. The first-order valence-electron chi connectivity index (χ1n) is 11.6. The zero-order valence-corrected chi connectivity index (χ0v) is 20.8. The number of aromatic nitrogens is 2. The van der Waals surface area contributed by atoms with Crippen LogP contribution in [-0.4, -0.2) is 28.7 Å². The lowest BCUT2D eigenvalue weighted by atomic mass is 9.96. The molecular formula is C28H25N3O4S. The molecule has 0 radical (unpaired) electrons. The maximum Gasteiger partial charge on any atom is 0.338 e. The molecule has 0 fully saturated rings. The molecule has 1 unspecified atom stereocenters. The molecule has 36 heavy (non-hydrogen) atoms. The van der Waals surface area contributed by atoms with Crippen LogP contribution in [0.25, 0.3) is 17.0 Å². The van der Waals surface area contributed by atoms with Crippen LogP contribution >= 0.6 is 11.3 Å². The number of aromatic amines is 1. The van der Waals surface area contributed by atoms with Crippen LogP contribution in [0, 0.1) is 0 Å². The fourth-order valence-corrected chi connectivity index (χ4v) is 5.40. The Balaban J connectivity index is 1.68. The fraction of sp³-hybridized carbons (Fsp3) is 0.179. The first-order valence-corrected chi connectivity index (χ1v) is 12.4. The lowest BCUT2D eigenvalue weighted by Gasteiger charge is -2.24. The van der Waals surface area contributed by atoms with Crippen molar-refractivity contribution >= 4 is 34.3 Å². The quantitative estimate of drug-likeness (QED) is 0.309. The molecule has 2 aromatic heterocycles. The topological polar surface area (TPSA) is 85.7 Å². The van der Waals surface area contributed by atoms with Crippen molar-refractivity contribution in [3.05, 3.63) is 109 Å². The van der Waals surface area contributed by atoms with E-state index < -0.39 is 12.0 Å². The van der Waals surface area contributed by atoms with Crippen LogP contribution in [0.2, 0.25) is 0 Å². The van der Waals surface area contributed by atoms with E-state index in [1.165, 1.54) is 11.3 Å². The van der Waals surface area contributed by atoms with Gasteiger partial charge in [0.15, 0.2) is 4.80 Å². The number of H-pyrrole nitrogens is 1. The molecule has 8 heteroatoms. The van der Waals surface area contributed by atoms with E-state index in [0.717, 1.165) is 22.0 Å². The number of rotatable bonds is 7. The van der Waals surface area contributed by atoms with Crippen LogP contribution in [0.5, 0.6) is 5.75 Å². The molecule has 1 aliphatic rings. The minimum Gasteiger partial charge on any atom is -0.490 e. The molecule has 0 bridgehead atoms. The molecule has 0 aliphatic carbocycles. The summed E-state index contributed by atoms with van der Waals surface area (Å²) in [5.74, 6) is 0.186. The molecule has 0 saturated heterocycles. The summed E-state index contributed by atoms with van der Waals surface area (Å²) in [6.07, 6.45) is 5.43. The molecule has 1 aliphatic heterocycles. The minimum absolute atomic E-state index is 0.213. The maximum atomic E-state index is 13.8. The second-order valence-electron chi connectivity index (χ2n) is 8.26. The Labute approximate surface area is 211 Å². The van der Waals surface area contributed by atoms with Gasteiger partial charge in [0, 0.05) is 22.7 Å². The summed E-state index contributed by atoms with van der Waals surface area (Å²) >= 11 is 1.30. The number of nitrogens with zero attached hydrogens (tertiary/aromatic N) is 2. The van der Waals surface area contributed by atoms with Gasteiger partial charge in [0.25, 0.3) is 5.56 Å². The molecule has 2 aromatic carbocycles. The molecule has 0 amide bonds. The van der Waals surface area contributed by atoms with Crippen molar-refractivity contribution < 1.29 is 14.3 Å². The summed E-state index contributed by atoms with van der Waals surface area (Å²) < 4.78 is 13.1. The number of carbonyl (C=O) groups excluding carboxylic acids is 1. The van der Waals surface area contributed by atoms with Gasteiger partial charge in [-0.15, -0.1) is 0 Å². The van der Waals surface area contributed by atoms with Crippen LogP contribution in [0.1, 0.15) is 31.0 Å². The van der Waals surface area contributed by atoms with Gasteiger partial charge in [0.1, 0.15) is 12.4 Å². The molecule has 4 aromatic rings. The van der Waals surface area contributed by atoms with Crippen molar-refractivity contribution in [3.63, 3.8) is 0 Å². The Morgan fingerprint density at radius 1 is 1.22 bits per heavy atom. The smallest absolute Gasteiger partial charge is 0.338 e. The number of thiazole rings is 1. The largest absolute Gasteiger partial charge is 0.490 e. The Bertz CT molecular complexity index is 1670. The number of esters is 1. The van der Waals surface area contributed by atoms with Crippen LogP contribution in [0.3, 0.4) is 0 Å². The van der Waals surface area contributed by atoms with Gasteiger partial charge in [-0.3, -0.25) is 9.36 Å². The van der Waals surface area contributed by atoms with Gasteiger partial charge in [-0.25, -0.2) is 9.79 Å². The molecule has 3 heterocycles. The predicted molar refractivity (Wildman–Crippen MR) is 141 cm³/mol. The van der Waals surface area contributed by atoms with E-state index in [4.69, 9.17) is 9.47 Å². The van der Waals surface area contributed by atoms with E-state index in [2.05, 4.69) is 16.6 Å². The number of nitrogens with one attached hydrogen (secondary N) is 1. The Hall–Kier alpha value is -4.17. The monoisotopic (exact) mass is 499 g/mol. The summed E-state index contributed by atoms with van der Waals surface area (Å²) in [7, 11) is 0. The van der Waals surface area contributed by atoms with Crippen LogP contribution < -0.4 is 19.6 Å². The van der Waals surface area contributed by atoms with E-state index in [9.17, 15) is 9.59 Å². The highest BCUT2D eigenvalue weighted by Gasteiger charge is 2.33. The normalized spacial score (nSPS) is 15.5. The minimum atomic E-state index is -0.668. The van der Waals surface area contributed by atoms with Crippen molar-refractivity contribution in [1.29, 1.82) is 0 Å². The first kappa shape index (κ1) is 23.6. The molecule has 182 valence electrons. The fourth-order valence-electron chi connectivity index (χ4n) is 4.36. The summed E-state index contributed by atoms with van der Waals surface area (Å²) in [6, 6.07) is 14.6. The van der Waals surface area contributed by atoms with E-state index in [-0.39, 0.29) is 12.2 Å². The number of carbonyl (C=O) groups is 1. The zero-order valence-electron chi connectivity index (χ0n) is 20.0. The molecule has 1 N–H and O–H groups in total. The van der Waals surface area contributed by atoms with Crippen molar-refractivity contribution in [1.82, 2.24) is 9.55 Å². The standard InChI is InChI=1S/C28H25N3O4S/c1-4-14-35-20-12-10-18(11-13-20)25-24(27(33)34-5-2)17(3)30-28-31(25)26(32)23(36-28)15-19-16-29-22-9-7-6-8-21(19)22/h4,6-13,15-16,25,29H,1,5,14H2,2-3H3. The average molecular weight is 500 g/mol. The lowest BCUT2D eigenvalue weighted by Crippen LogP contribution is -2.39. The number of hydrogen-bond acceptors (Lipinski definition) is 6. The summed E-state index contributed by atoms with van der Waals surface area (Å²) in [5, 5.41) is 1.03. The molecule has 1 atom stereocenters. The molecule has 0 saturated carbocycles. The van der Waals surface area contributed by atoms with Gasteiger partial charge in [-0.05, 0) is 43.7 Å². The highest BCUT2D eigenvalue weighted by molar-refractivity contribution is 7.07. The van der Waals surface area contributed by atoms with Crippen molar-refractivity contribution in [2.24, 2.45) is 4.99 Å². The third-order valence-electron chi connectivity index (χ3n) is 5.99. The molecule has 5 rings (SSSR count). The van der Waals surface area contributed by atoms with Gasteiger partial charge < -0.3 is 14.5 Å². The zero-order chi connectivity index (χ0) is 25.2. The second-order valence-corrected chi connectivity index (χ2v) is 9.27. The molecule has 0 spiro atoms. The third kappa shape index (κ3) is 4.20. The maximum absolute atomic E-state index is 13.8. The molecule has 7 nitrogen and oxygen atoms in total. The lowest BCUT2D eigenvalue weighted by molar-refractivity contribution is -0.139. The SMILES string of the molecule is C=CCOc1ccc(C2C(C(=O)OCC)=C(C)N=c3sc(=Cc4c[nH]c5ccccc45)c(=O)n32)cc1. The van der Waals surface area contributed by atoms with Crippen molar-refractivity contribution in [2.45, 2.75) is 19.9 Å². The van der Waals surface area contributed by atoms with Gasteiger partial charge in [-0.2, -0.15) is 0 Å². The number of benzene rings is 2. The Morgan fingerprint density at radius 3 is 2.75 bits per heavy atom. The van der Waals surface area contributed by atoms with Gasteiger partial charge >= 0.3 is 5.97 Å². The Morgan fingerprint density at radius 2 is 2.00 bits per heavy atom. The van der Waals surface area contributed by atoms with Crippen molar-refractivity contribution in [3.8, 4) is 5.75 Å². The highest BCUT2D eigenvalue weighted by Crippen LogP contribution is 2.31. The number of ether oxygens (including phenoxy) is 2. The van der Waals surface area contributed by atoms with E-state index in [1.807, 2.05) is 60.8 Å². The molecular weight excluding hydrogens is 474 g/mol. The first-order chi connectivity index (χ1) is 17.5. The van der Waals surface area contributed by atoms with E-state index in [0.29, 0.717) is 33.0 Å². The highest BCUT2D eigenvalue weighted by atomic mass is 32.1.